The van der Waals surface area contributed by atoms with Gasteiger partial charge in [-0.3, -0.25) is 18.7 Å². The van der Waals surface area contributed by atoms with Crippen molar-refractivity contribution in [1.29, 1.82) is 5.26 Å². The lowest BCUT2D eigenvalue weighted by molar-refractivity contribution is 0.518. The molecule has 3 heterocycles. The lowest BCUT2D eigenvalue weighted by Crippen LogP contribution is -2.47. The summed E-state index contributed by atoms with van der Waals surface area (Å²) in [5, 5.41) is 12.5. The summed E-state index contributed by atoms with van der Waals surface area (Å²) in [6, 6.07) is 1.74. The third-order valence-electron chi connectivity index (χ3n) is 4.84. The molecule has 0 saturated carbocycles. The van der Waals surface area contributed by atoms with Gasteiger partial charge >= 0.3 is 5.69 Å². The van der Waals surface area contributed by atoms with Crippen LogP contribution < -0.4 is 27.0 Å². The van der Waals surface area contributed by atoms with Crippen molar-refractivity contribution in [3.05, 3.63) is 49.1 Å². The van der Waals surface area contributed by atoms with Gasteiger partial charge in [0.25, 0.3) is 11.1 Å². The second-order valence-corrected chi connectivity index (χ2v) is 6.64. The summed E-state index contributed by atoms with van der Waals surface area (Å²) in [5.74, 6) is 0.566. The molecule has 10 heteroatoms. The van der Waals surface area contributed by atoms with Crippen molar-refractivity contribution in [3.8, 4) is 6.07 Å². The van der Waals surface area contributed by atoms with E-state index in [2.05, 4.69) is 10.3 Å². The SMILES string of the molecule is Cn1ccnc(N2CCC[C@@H](Nc3c(C#N)c(=O)n(C)c(=O)n3C)C2)c1=O. The fraction of sp³-hybridized carbons (Fsp3) is 0.471. The Labute approximate surface area is 154 Å². The number of nitrogens with zero attached hydrogens (tertiary/aromatic N) is 6. The van der Waals surface area contributed by atoms with E-state index < -0.39 is 11.2 Å². The van der Waals surface area contributed by atoms with Gasteiger partial charge in [-0.15, -0.1) is 0 Å². The number of nitrogens with one attached hydrogen (secondary N) is 1. The maximum atomic E-state index is 12.3. The fourth-order valence-corrected chi connectivity index (χ4v) is 3.30. The minimum absolute atomic E-state index is 0.106. The first kappa shape index (κ1) is 18.4. The molecule has 0 amide bonds. The summed E-state index contributed by atoms with van der Waals surface area (Å²) in [5.41, 5.74) is -1.43. The van der Waals surface area contributed by atoms with E-state index in [-0.39, 0.29) is 23.0 Å². The summed E-state index contributed by atoms with van der Waals surface area (Å²) in [7, 11) is 4.52. The van der Waals surface area contributed by atoms with Gasteiger partial charge in [0.1, 0.15) is 11.9 Å². The molecule has 27 heavy (non-hydrogen) atoms. The molecule has 1 saturated heterocycles. The van der Waals surface area contributed by atoms with Gasteiger partial charge in [-0.1, -0.05) is 0 Å². The van der Waals surface area contributed by atoms with Crippen LogP contribution in [0.3, 0.4) is 0 Å². The van der Waals surface area contributed by atoms with E-state index in [1.54, 1.807) is 19.4 Å². The highest BCUT2D eigenvalue weighted by Gasteiger charge is 2.25. The topological polar surface area (TPSA) is 118 Å². The van der Waals surface area contributed by atoms with E-state index in [0.29, 0.717) is 18.9 Å². The molecule has 1 fully saturated rings. The monoisotopic (exact) mass is 371 g/mol. The van der Waals surface area contributed by atoms with Crippen LogP contribution in [0.4, 0.5) is 11.6 Å². The molecule has 2 aromatic rings. The number of hydrogen-bond acceptors (Lipinski definition) is 7. The number of aryl methyl sites for hydroxylation is 1. The summed E-state index contributed by atoms with van der Waals surface area (Å²) < 4.78 is 3.64. The molecule has 0 spiro atoms. The van der Waals surface area contributed by atoms with Crippen LogP contribution in [0.2, 0.25) is 0 Å². The van der Waals surface area contributed by atoms with Crippen LogP contribution in [0, 0.1) is 11.3 Å². The number of anilines is 2. The van der Waals surface area contributed by atoms with Crippen LogP contribution in [-0.2, 0) is 21.1 Å². The summed E-state index contributed by atoms with van der Waals surface area (Å²) in [6.07, 6.45) is 4.75. The highest BCUT2D eigenvalue weighted by atomic mass is 16.2. The molecule has 0 aromatic carbocycles. The van der Waals surface area contributed by atoms with Crippen molar-refractivity contribution in [2.45, 2.75) is 18.9 Å². The standard InChI is InChI=1S/C17H21N7O3/c1-21-8-6-19-14(16(21)26)24-7-4-5-11(10-24)20-13-12(9-18)15(25)23(3)17(27)22(13)2/h6,8,11,20H,4-5,7,10H2,1-3H3/t11-/m1/s1. The molecule has 0 bridgehead atoms. The Morgan fingerprint density at radius 2 is 1.93 bits per heavy atom. The van der Waals surface area contributed by atoms with Crippen molar-refractivity contribution >= 4 is 11.6 Å². The van der Waals surface area contributed by atoms with Gasteiger partial charge in [0.15, 0.2) is 11.4 Å². The number of hydrogen-bond donors (Lipinski definition) is 1. The first-order valence-corrected chi connectivity index (χ1v) is 8.58. The van der Waals surface area contributed by atoms with Crippen molar-refractivity contribution < 1.29 is 0 Å². The Balaban J connectivity index is 1.93. The van der Waals surface area contributed by atoms with Crippen LogP contribution in [0.1, 0.15) is 18.4 Å². The van der Waals surface area contributed by atoms with E-state index in [0.717, 1.165) is 17.4 Å². The maximum Gasteiger partial charge on any atom is 0.332 e. The summed E-state index contributed by atoms with van der Waals surface area (Å²) in [4.78, 5) is 42.8. The van der Waals surface area contributed by atoms with Crippen LogP contribution >= 0.6 is 0 Å². The predicted octanol–water partition coefficient (Wildman–Crippen LogP) is -0.870. The van der Waals surface area contributed by atoms with Gasteiger partial charge in [-0.05, 0) is 12.8 Å². The third-order valence-corrected chi connectivity index (χ3v) is 4.84. The van der Waals surface area contributed by atoms with Crippen LogP contribution in [0.15, 0.2) is 26.8 Å². The van der Waals surface area contributed by atoms with Gasteiger partial charge in [0, 0.05) is 52.7 Å². The van der Waals surface area contributed by atoms with Gasteiger partial charge < -0.3 is 14.8 Å². The number of rotatable bonds is 3. The fourth-order valence-electron chi connectivity index (χ4n) is 3.30. The Bertz CT molecular complexity index is 1090. The molecule has 0 unspecified atom stereocenters. The zero-order valence-corrected chi connectivity index (χ0v) is 15.5. The largest absolute Gasteiger partial charge is 0.366 e. The average Bonchev–Trinajstić information content (AvgIpc) is 2.67. The molecule has 10 nitrogen and oxygen atoms in total. The maximum absolute atomic E-state index is 12.3. The van der Waals surface area contributed by atoms with E-state index in [1.807, 2.05) is 11.0 Å². The quantitative estimate of drug-likeness (QED) is 0.745. The lowest BCUT2D eigenvalue weighted by Gasteiger charge is -2.34. The normalized spacial score (nSPS) is 16.8. The third kappa shape index (κ3) is 3.23. The molecule has 2 aromatic heterocycles. The zero-order valence-electron chi connectivity index (χ0n) is 15.5. The molecular formula is C17H21N7O3. The molecular weight excluding hydrogens is 350 g/mol. The lowest BCUT2D eigenvalue weighted by atomic mass is 10.1. The first-order valence-electron chi connectivity index (χ1n) is 8.58. The van der Waals surface area contributed by atoms with E-state index in [4.69, 9.17) is 0 Å². The van der Waals surface area contributed by atoms with Crippen molar-refractivity contribution in [2.75, 3.05) is 23.3 Å². The second kappa shape index (κ2) is 7.11. The minimum atomic E-state index is -0.630. The number of aromatic nitrogens is 4. The second-order valence-electron chi connectivity index (χ2n) is 6.64. The molecule has 1 aliphatic rings. The smallest absolute Gasteiger partial charge is 0.332 e. The van der Waals surface area contributed by atoms with Gasteiger partial charge in [-0.2, -0.15) is 5.26 Å². The van der Waals surface area contributed by atoms with Crippen molar-refractivity contribution in [2.24, 2.45) is 21.1 Å². The molecule has 0 radical (unpaired) electrons. The van der Waals surface area contributed by atoms with Crippen LogP contribution in [0.25, 0.3) is 0 Å². The first-order chi connectivity index (χ1) is 12.8. The molecule has 1 atom stereocenters. The molecule has 1 aliphatic heterocycles. The van der Waals surface area contributed by atoms with E-state index in [9.17, 15) is 19.6 Å². The van der Waals surface area contributed by atoms with Gasteiger partial charge in [-0.25, -0.2) is 9.78 Å². The van der Waals surface area contributed by atoms with Gasteiger partial charge in [0.2, 0.25) is 0 Å². The van der Waals surface area contributed by atoms with Crippen molar-refractivity contribution in [1.82, 2.24) is 18.7 Å². The highest BCUT2D eigenvalue weighted by Crippen LogP contribution is 2.18. The van der Waals surface area contributed by atoms with Crippen molar-refractivity contribution in [3.63, 3.8) is 0 Å². The Morgan fingerprint density at radius 1 is 1.19 bits per heavy atom. The highest BCUT2D eigenvalue weighted by molar-refractivity contribution is 5.52. The molecule has 142 valence electrons. The van der Waals surface area contributed by atoms with E-state index in [1.165, 1.54) is 23.2 Å². The molecule has 1 N–H and O–H groups in total. The number of nitriles is 1. The Kier molecular flexibility index (Phi) is 4.85. The van der Waals surface area contributed by atoms with Crippen LogP contribution in [-0.4, -0.2) is 37.8 Å². The van der Waals surface area contributed by atoms with Gasteiger partial charge in [0.05, 0.1) is 0 Å². The average molecular weight is 371 g/mol. The molecule has 3 rings (SSSR count). The predicted molar refractivity (Wildman–Crippen MR) is 100.0 cm³/mol. The van der Waals surface area contributed by atoms with Crippen LogP contribution in [0.5, 0.6) is 0 Å². The Morgan fingerprint density at radius 3 is 2.63 bits per heavy atom. The van der Waals surface area contributed by atoms with E-state index >= 15 is 0 Å². The molecule has 0 aliphatic carbocycles. The summed E-state index contributed by atoms with van der Waals surface area (Å²) in [6.45, 7) is 1.16. The number of piperidine rings is 1. The summed E-state index contributed by atoms with van der Waals surface area (Å²) >= 11 is 0. The zero-order chi connectivity index (χ0) is 19.7. The Hall–Kier alpha value is -3.35. The minimum Gasteiger partial charge on any atom is -0.366 e.